The quantitative estimate of drug-likeness (QED) is 0.902. The first-order valence-corrected chi connectivity index (χ1v) is 6.53. The first-order valence-electron chi connectivity index (χ1n) is 6.16. The van der Waals surface area contributed by atoms with Gasteiger partial charge in [0.15, 0.2) is 0 Å². The van der Waals surface area contributed by atoms with Crippen molar-refractivity contribution in [2.45, 2.75) is 45.4 Å². The van der Waals surface area contributed by atoms with E-state index in [9.17, 15) is 5.11 Å². The third-order valence-corrected chi connectivity index (χ3v) is 3.60. The van der Waals surface area contributed by atoms with E-state index in [1.54, 1.807) is 10.9 Å². The van der Waals surface area contributed by atoms with E-state index in [4.69, 9.17) is 16.3 Å². The average molecular weight is 259 g/mol. The molecule has 1 saturated heterocycles. The van der Waals surface area contributed by atoms with Crippen LogP contribution < -0.4 is 0 Å². The molecule has 0 spiro atoms. The van der Waals surface area contributed by atoms with E-state index < -0.39 is 6.10 Å². The molecule has 0 bridgehead atoms. The fourth-order valence-electron chi connectivity index (χ4n) is 2.33. The van der Waals surface area contributed by atoms with Gasteiger partial charge < -0.3 is 9.84 Å². The largest absolute Gasteiger partial charge is 0.384 e. The SMILES string of the molecule is CCCn1ncc(Cl)c1C(O)C1OCCC1C. The first-order chi connectivity index (χ1) is 8.15. The van der Waals surface area contributed by atoms with Crippen LogP contribution in [0.5, 0.6) is 0 Å². The summed E-state index contributed by atoms with van der Waals surface area (Å²) in [5.74, 6) is 0.353. The summed E-state index contributed by atoms with van der Waals surface area (Å²) in [7, 11) is 0. The Balaban J connectivity index is 2.22. The van der Waals surface area contributed by atoms with Gasteiger partial charge in [-0.15, -0.1) is 0 Å². The Morgan fingerprint density at radius 1 is 1.71 bits per heavy atom. The summed E-state index contributed by atoms with van der Waals surface area (Å²) in [5, 5.41) is 15.1. The molecular formula is C12H19ClN2O2. The fourth-order valence-corrected chi connectivity index (χ4v) is 2.59. The Labute approximate surface area is 107 Å². The molecule has 0 radical (unpaired) electrons. The number of hydrogen-bond acceptors (Lipinski definition) is 3. The van der Waals surface area contributed by atoms with Crippen molar-refractivity contribution in [2.75, 3.05) is 6.61 Å². The molecule has 3 atom stereocenters. The highest BCUT2D eigenvalue weighted by Gasteiger charge is 2.34. The number of aromatic nitrogens is 2. The molecule has 0 aromatic carbocycles. The zero-order chi connectivity index (χ0) is 12.4. The minimum atomic E-state index is -0.686. The predicted octanol–water partition coefficient (Wildman–Crippen LogP) is 2.40. The molecule has 0 amide bonds. The van der Waals surface area contributed by atoms with Crippen LogP contribution in [0.1, 0.15) is 38.5 Å². The standard InChI is InChI=1S/C12H19ClN2O2/c1-3-5-15-10(9(13)7-14-15)11(16)12-8(2)4-6-17-12/h7-8,11-12,16H,3-6H2,1-2H3. The molecular weight excluding hydrogens is 240 g/mol. The van der Waals surface area contributed by atoms with Crippen LogP contribution in [0, 0.1) is 5.92 Å². The Kier molecular flexibility index (Phi) is 4.07. The van der Waals surface area contributed by atoms with Crippen molar-refractivity contribution >= 4 is 11.6 Å². The van der Waals surface area contributed by atoms with Gasteiger partial charge in [-0.1, -0.05) is 25.4 Å². The predicted molar refractivity (Wildman–Crippen MR) is 66.0 cm³/mol. The second kappa shape index (κ2) is 5.38. The zero-order valence-corrected chi connectivity index (χ0v) is 11.0. The molecule has 4 nitrogen and oxygen atoms in total. The van der Waals surface area contributed by atoms with Gasteiger partial charge in [-0.25, -0.2) is 0 Å². The van der Waals surface area contributed by atoms with Crippen LogP contribution in [0.2, 0.25) is 5.02 Å². The molecule has 2 rings (SSSR count). The second-order valence-electron chi connectivity index (χ2n) is 4.65. The second-order valence-corrected chi connectivity index (χ2v) is 5.05. The number of aryl methyl sites for hydroxylation is 1. The number of nitrogens with zero attached hydrogens (tertiary/aromatic N) is 2. The summed E-state index contributed by atoms with van der Waals surface area (Å²) in [6.07, 6.45) is 2.68. The van der Waals surface area contributed by atoms with Crippen molar-refractivity contribution in [3.63, 3.8) is 0 Å². The average Bonchev–Trinajstić information content (AvgIpc) is 2.86. The van der Waals surface area contributed by atoms with E-state index >= 15 is 0 Å². The highest BCUT2D eigenvalue weighted by atomic mass is 35.5. The van der Waals surface area contributed by atoms with Crippen LogP contribution in [0.15, 0.2) is 6.20 Å². The van der Waals surface area contributed by atoms with Gasteiger partial charge in [0.1, 0.15) is 6.10 Å². The lowest BCUT2D eigenvalue weighted by Gasteiger charge is -2.22. The van der Waals surface area contributed by atoms with E-state index in [1.807, 2.05) is 0 Å². The van der Waals surface area contributed by atoms with Crippen LogP contribution in [0.25, 0.3) is 0 Å². The molecule has 1 aliphatic rings. The molecule has 96 valence electrons. The van der Waals surface area contributed by atoms with Gasteiger partial charge in [0, 0.05) is 13.2 Å². The zero-order valence-electron chi connectivity index (χ0n) is 10.3. The molecule has 0 aliphatic carbocycles. The van der Waals surface area contributed by atoms with Crippen LogP contribution in [-0.4, -0.2) is 27.6 Å². The lowest BCUT2D eigenvalue weighted by Crippen LogP contribution is -2.25. The highest BCUT2D eigenvalue weighted by molar-refractivity contribution is 6.31. The van der Waals surface area contributed by atoms with Crippen molar-refractivity contribution in [3.05, 3.63) is 16.9 Å². The molecule has 0 saturated carbocycles. The van der Waals surface area contributed by atoms with Crippen molar-refractivity contribution in [2.24, 2.45) is 5.92 Å². The van der Waals surface area contributed by atoms with Gasteiger partial charge in [-0.3, -0.25) is 4.68 Å². The summed E-state index contributed by atoms with van der Waals surface area (Å²) < 4.78 is 7.37. The Morgan fingerprint density at radius 2 is 2.47 bits per heavy atom. The maximum atomic E-state index is 10.4. The van der Waals surface area contributed by atoms with E-state index in [-0.39, 0.29) is 6.10 Å². The van der Waals surface area contributed by atoms with Crippen LogP contribution in [0.4, 0.5) is 0 Å². The van der Waals surface area contributed by atoms with Gasteiger partial charge >= 0.3 is 0 Å². The number of rotatable bonds is 4. The lowest BCUT2D eigenvalue weighted by atomic mass is 9.97. The van der Waals surface area contributed by atoms with Gasteiger partial charge in [0.05, 0.1) is 23.0 Å². The first kappa shape index (κ1) is 12.9. The van der Waals surface area contributed by atoms with Crippen molar-refractivity contribution < 1.29 is 9.84 Å². The minimum absolute atomic E-state index is 0.167. The summed E-state index contributed by atoms with van der Waals surface area (Å²) in [5.41, 5.74) is 0.687. The molecule has 1 aromatic rings. The van der Waals surface area contributed by atoms with Crippen molar-refractivity contribution in [1.29, 1.82) is 0 Å². The maximum Gasteiger partial charge on any atom is 0.123 e. The van der Waals surface area contributed by atoms with Crippen LogP contribution >= 0.6 is 11.6 Å². The summed E-state index contributed by atoms with van der Waals surface area (Å²) in [6, 6.07) is 0. The van der Waals surface area contributed by atoms with Gasteiger partial charge in [-0.05, 0) is 18.8 Å². The van der Waals surface area contributed by atoms with Gasteiger partial charge in [0.2, 0.25) is 0 Å². The fraction of sp³-hybridized carbons (Fsp3) is 0.750. The summed E-state index contributed by atoms with van der Waals surface area (Å²) in [4.78, 5) is 0. The summed E-state index contributed by atoms with van der Waals surface area (Å²) in [6.45, 7) is 5.64. The normalized spacial score (nSPS) is 26.4. The minimum Gasteiger partial charge on any atom is -0.384 e. The molecule has 1 N–H and O–H groups in total. The molecule has 17 heavy (non-hydrogen) atoms. The topological polar surface area (TPSA) is 47.3 Å². The summed E-state index contributed by atoms with van der Waals surface area (Å²) >= 11 is 6.10. The molecule has 1 aromatic heterocycles. The van der Waals surface area contributed by atoms with Crippen molar-refractivity contribution in [1.82, 2.24) is 9.78 Å². The third kappa shape index (κ3) is 2.49. The Hall–Kier alpha value is -0.580. The third-order valence-electron chi connectivity index (χ3n) is 3.30. The highest BCUT2D eigenvalue weighted by Crippen LogP contribution is 2.34. The van der Waals surface area contributed by atoms with Crippen LogP contribution in [0.3, 0.4) is 0 Å². The maximum absolute atomic E-state index is 10.4. The van der Waals surface area contributed by atoms with Gasteiger partial charge in [-0.2, -0.15) is 5.10 Å². The number of ether oxygens (including phenoxy) is 1. The van der Waals surface area contributed by atoms with Crippen molar-refractivity contribution in [3.8, 4) is 0 Å². The van der Waals surface area contributed by atoms with Gasteiger partial charge in [0.25, 0.3) is 0 Å². The van der Waals surface area contributed by atoms with E-state index in [2.05, 4.69) is 18.9 Å². The number of hydrogen-bond donors (Lipinski definition) is 1. The van der Waals surface area contributed by atoms with E-state index in [0.717, 1.165) is 19.4 Å². The van der Waals surface area contributed by atoms with Crippen LogP contribution in [-0.2, 0) is 11.3 Å². The molecule has 2 heterocycles. The number of aliphatic hydroxyl groups is 1. The number of aliphatic hydroxyl groups excluding tert-OH is 1. The molecule has 1 fully saturated rings. The Morgan fingerprint density at radius 3 is 3.06 bits per heavy atom. The van der Waals surface area contributed by atoms with E-state index in [0.29, 0.717) is 23.2 Å². The molecule has 3 unspecified atom stereocenters. The monoisotopic (exact) mass is 258 g/mol. The van der Waals surface area contributed by atoms with E-state index in [1.165, 1.54) is 0 Å². The lowest BCUT2D eigenvalue weighted by molar-refractivity contribution is -0.0219. The smallest absolute Gasteiger partial charge is 0.123 e. The Bertz CT molecular complexity index is 381. The molecule has 1 aliphatic heterocycles. The molecule has 5 heteroatoms. The number of halogens is 1.